The van der Waals surface area contributed by atoms with Crippen LogP contribution in [0.5, 0.6) is 0 Å². The molecule has 2 heterocycles. The Morgan fingerprint density at radius 2 is 2.00 bits per heavy atom. The maximum Gasteiger partial charge on any atom is 0.368 e. The Bertz CT molecular complexity index is 738. The Labute approximate surface area is 116 Å². The predicted octanol–water partition coefficient (Wildman–Crippen LogP) is 3.24. The van der Waals surface area contributed by atoms with E-state index in [1.165, 1.54) is 0 Å². The van der Waals surface area contributed by atoms with Gasteiger partial charge in [-0.3, -0.25) is 0 Å². The van der Waals surface area contributed by atoms with E-state index in [0.717, 1.165) is 16.9 Å². The fourth-order valence-electron chi connectivity index (χ4n) is 2.08. The first-order chi connectivity index (χ1) is 9.63. The quantitative estimate of drug-likeness (QED) is 0.620. The van der Waals surface area contributed by atoms with Crippen LogP contribution >= 0.6 is 0 Å². The van der Waals surface area contributed by atoms with E-state index in [2.05, 4.69) is 5.16 Å². The van der Waals surface area contributed by atoms with Gasteiger partial charge in [-0.2, -0.15) is 0 Å². The van der Waals surface area contributed by atoms with Crippen molar-refractivity contribution in [3.63, 3.8) is 0 Å². The molecule has 4 nitrogen and oxygen atoms in total. The van der Waals surface area contributed by atoms with Gasteiger partial charge in [0.25, 0.3) is 0 Å². The number of hydrogen-bond acceptors (Lipinski definition) is 4. The van der Waals surface area contributed by atoms with Crippen molar-refractivity contribution in [2.75, 3.05) is 0 Å². The Kier molecular flexibility index (Phi) is 2.99. The number of hydrogen-bond donors (Lipinski definition) is 0. The summed E-state index contributed by atoms with van der Waals surface area (Å²) in [6.07, 6.45) is 1.66. The number of nitrogens with zero attached hydrogens (tertiary/aromatic N) is 1. The molecule has 2 aromatic rings. The summed E-state index contributed by atoms with van der Waals surface area (Å²) >= 11 is 0. The van der Waals surface area contributed by atoms with Crippen LogP contribution in [0.4, 0.5) is 0 Å². The molecule has 0 saturated heterocycles. The number of oxime groups is 1. The van der Waals surface area contributed by atoms with Crippen LogP contribution in [0.15, 0.2) is 51.5 Å². The second kappa shape index (κ2) is 4.81. The van der Waals surface area contributed by atoms with Gasteiger partial charge in [-0.25, -0.2) is 4.79 Å². The highest BCUT2D eigenvalue weighted by Crippen LogP contribution is 2.22. The van der Waals surface area contributed by atoms with Crippen molar-refractivity contribution in [1.29, 1.82) is 0 Å². The molecule has 100 valence electrons. The number of carbonyl (C=O) groups is 1. The van der Waals surface area contributed by atoms with E-state index in [4.69, 9.17) is 9.25 Å². The maximum absolute atomic E-state index is 11.8. The summed E-state index contributed by atoms with van der Waals surface area (Å²) in [6.45, 7) is 3.84. The van der Waals surface area contributed by atoms with Gasteiger partial charge in [-0.1, -0.05) is 28.9 Å². The molecule has 20 heavy (non-hydrogen) atoms. The Morgan fingerprint density at radius 1 is 1.15 bits per heavy atom. The first kappa shape index (κ1) is 12.4. The van der Waals surface area contributed by atoms with Gasteiger partial charge in [-0.05, 0) is 38.1 Å². The third-order valence-corrected chi connectivity index (χ3v) is 3.03. The normalized spacial score (nSPS) is 16.4. The largest absolute Gasteiger partial charge is 0.462 e. The van der Waals surface area contributed by atoms with Gasteiger partial charge < -0.3 is 9.25 Å². The van der Waals surface area contributed by atoms with Gasteiger partial charge in [0.1, 0.15) is 17.2 Å². The first-order valence-corrected chi connectivity index (χ1v) is 6.28. The van der Waals surface area contributed by atoms with Crippen molar-refractivity contribution in [3.8, 4) is 0 Å². The van der Waals surface area contributed by atoms with Crippen molar-refractivity contribution >= 4 is 17.8 Å². The molecule has 0 amide bonds. The lowest BCUT2D eigenvalue weighted by atomic mass is 10.0. The summed E-state index contributed by atoms with van der Waals surface area (Å²) in [5, 5.41) is 3.87. The Morgan fingerprint density at radius 3 is 2.70 bits per heavy atom. The zero-order valence-electron chi connectivity index (χ0n) is 11.2. The second-order valence-electron chi connectivity index (χ2n) is 4.69. The molecular formula is C16H13NO3. The Hall–Kier alpha value is -2.62. The molecule has 4 heteroatoms. The van der Waals surface area contributed by atoms with Crippen LogP contribution in [0, 0.1) is 13.8 Å². The van der Waals surface area contributed by atoms with Crippen molar-refractivity contribution in [1.82, 2.24) is 0 Å². The summed E-state index contributed by atoms with van der Waals surface area (Å²) < 4.78 is 5.46. The summed E-state index contributed by atoms with van der Waals surface area (Å²) in [7, 11) is 0. The van der Waals surface area contributed by atoms with Gasteiger partial charge in [0.15, 0.2) is 0 Å². The van der Waals surface area contributed by atoms with Crippen molar-refractivity contribution in [3.05, 3.63) is 64.6 Å². The zero-order chi connectivity index (χ0) is 14.1. The molecule has 0 fully saturated rings. The lowest BCUT2D eigenvalue weighted by Gasteiger charge is -2.01. The molecule has 0 spiro atoms. The van der Waals surface area contributed by atoms with Gasteiger partial charge in [0, 0.05) is 5.56 Å². The molecule has 0 bridgehead atoms. The highest BCUT2D eigenvalue weighted by atomic mass is 16.7. The van der Waals surface area contributed by atoms with Crippen LogP contribution in [0.2, 0.25) is 0 Å². The smallest absolute Gasteiger partial charge is 0.368 e. The van der Waals surface area contributed by atoms with E-state index in [9.17, 15) is 4.79 Å². The van der Waals surface area contributed by atoms with E-state index in [0.29, 0.717) is 17.0 Å². The maximum atomic E-state index is 11.8. The van der Waals surface area contributed by atoms with Crippen LogP contribution < -0.4 is 0 Å². The highest BCUT2D eigenvalue weighted by Gasteiger charge is 2.27. The number of aryl methyl sites for hydroxylation is 2. The average molecular weight is 267 g/mol. The SMILES string of the molecule is Cc1cccc(C2=NOC(=O)/C2=C\c2ccc(C)o2)c1. The first-order valence-electron chi connectivity index (χ1n) is 6.28. The topological polar surface area (TPSA) is 51.8 Å². The van der Waals surface area contributed by atoms with Gasteiger partial charge >= 0.3 is 5.97 Å². The van der Waals surface area contributed by atoms with E-state index in [1.54, 1.807) is 6.08 Å². The number of furan rings is 1. The van der Waals surface area contributed by atoms with E-state index < -0.39 is 5.97 Å². The van der Waals surface area contributed by atoms with Gasteiger partial charge in [0.2, 0.25) is 0 Å². The predicted molar refractivity (Wildman–Crippen MR) is 75.2 cm³/mol. The molecular weight excluding hydrogens is 254 g/mol. The molecule has 0 atom stereocenters. The number of rotatable bonds is 2. The van der Waals surface area contributed by atoms with Crippen molar-refractivity contribution < 1.29 is 14.0 Å². The standard InChI is InChI=1S/C16H13NO3/c1-10-4-3-5-12(8-10)15-14(16(18)20-17-15)9-13-7-6-11(2)19-13/h3-9H,1-2H3/b14-9-. The third kappa shape index (κ3) is 2.28. The molecule has 0 radical (unpaired) electrons. The van der Waals surface area contributed by atoms with E-state index >= 15 is 0 Å². The number of carbonyl (C=O) groups excluding carboxylic acids is 1. The highest BCUT2D eigenvalue weighted by molar-refractivity contribution is 6.31. The molecule has 1 aliphatic heterocycles. The van der Waals surface area contributed by atoms with Crippen LogP contribution in [0.1, 0.15) is 22.6 Å². The molecule has 0 aliphatic carbocycles. The second-order valence-corrected chi connectivity index (χ2v) is 4.69. The molecule has 0 saturated carbocycles. The molecule has 1 aromatic carbocycles. The van der Waals surface area contributed by atoms with Crippen molar-refractivity contribution in [2.24, 2.45) is 5.16 Å². The lowest BCUT2D eigenvalue weighted by Crippen LogP contribution is -2.06. The Balaban J connectivity index is 2.02. The van der Waals surface area contributed by atoms with Crippen LogP contribution in [-0.4, -0.2) is 11.7 Å². The van der Waals surface area contributed by atoms with E-state index in [-0.39, 0.29) is 0 Å². The third-order valence-electron chi connectivity index (χ3n) is 3.03. The van der Waals surface area contributed by atoms with Crippen LogP contribution in [0.3, 0.4) is 0 Å². The van der Waals surface area contributed by atoms with Crippen LogP contribution in [-0.2, 0) is 9.63 Å². The summed E-state index contributed by atoms with van der Waals surface area (Å²) in [4.78, 5) is 16.6. The molecule has 3 rings (SSSR count). The molecule has 1 aromatic heterocycles. The molecule has 1 aliphatic rings. The summed E-state index contributed by atoms with van der Waals surface area (Å²) in [5.41, 5.74) is 2.89. The van der Waals surface area contributed by atoms with Crippen molar-refractivity contribution in [2.45, 2.75) is 13.8 Å². The van der Waals surface area contributed by atoms with Gasteiger partial charge in [0.05, 0.1) is 5.57 Å². The zero-order valence-corrected chi connectivity index (χ0v) is 11.2. The minimum atomic E-state index is -0.462. The lowest BCUT2D eigenvalue weighted by molar-refractivity contribution is -0.136. The molecule has 0 unspecified atom stereocenters. The minimum absolute atomic E-state index is 0.407. The monoisotopic (exact) mass is 267 g/mol. The number of benzene rings is 1. The van der Waals surface area contributed by atoms with Gasteiger partial charge in [-0.15, -0.1) is 0 Å². The van der Waals surface area contributed by atoms with Crippen LogP contribution in [0.25, 0.3) is 6.08 Å². The summed E-state index contributed by atoms with van der Waals surface area (Å²) in [6, 6.07) is 11.4. The molecule has 0 N–H and O–H groups in total. The fraction of sp³-hybridized carbons (Fsp3) is 0.125. The van der Waals surface area contributed by atoms with E-state index in [1.807, 2.05) is 50.2 Å². The fourth-order valence-corrected chi connectivity index (χ4v) is 2.08. The summed E-state index contributed by atoms with van der Waals surface area (Å²) in [5.74, 6) is 0.935. The average Bonchev–Trinajstić information content (AvgIpc) is 2.98. The minimum Gasteiger partial charge on any atom is -0.462 e.